The lowest BCUT2D eigenvalue weighted by Crippen LogP contribution is -2.08. The molecule has 2 heteroatoms. The van der Waals surface area contributed by atoms with E-state index in [9.17, 15) is 0 Å². The molecule has 0 aliphatic heterocycles. The van der Waals surface area contributed by atoms with Gasteiger partial charge < -0.3 is 0 Å². The van der Waals surface area contributed by atoms with Crippen molar-refractivity contribution in [3.63, 3.8) is 0 Å². The summed E-state index contributed by atoms with van der Waals surface area (Å²) >= 11 is 0. The van der Waals surface area contributed by atoms with E-state index in [1.54, 1.807) is 16.7 Å². The normalized spacial score (nSPS) is 12.1. The summed E-state index contributed by atoms with van der Waals surface area (Å²) in [4.78, 5) is 0. The van der Waals surface area contributed by atoms with Gasteiger partial charge in [-0.2, -0.15) is 0 Å². The van der Waals surface area contributed by atoms with E-state index in [2.05, 4.69) is 137 Å². The van der Waals surface area contributed by atoms with Crippen molar-refractivity contribution in [2.24, 2.45) is 5.11 Å². The van der Waals surface area contributed by atoms with Gasteiger partial charge in [0.1, 0.15) is 5.69 Å². The zero-order valence-corrected chi connectivity index (χ0v) is 35.2. The van der Waals surface area contributed by atoms with Crippen LogP contribution >= 0.6 is 0 Å². The summed E-state index contributed by atoms with van der Waals surface area (Å²) in [5.41, 5.74) is 15.0. The number of aryl methyl sites for hydroxylation is 3. The van der Waals surface area contributed by atoms with E-state index in [4.69, 9.17) is 5.11 Å². The van der Waals surface area contributed by atoms with Gasteiger partial charge in [-0.1, -0.05) is 183 Å². The van der Waals surface area contributed by atoms with Crippen LogP contribution in [0.1, 0.15) is 166 Å². The molecule has 54 heavy (non-hydrogen) atoms. The molecule has 0 saturated heterocycles. The third kappa shape index (κ3) is 13.2. The number of benzene rings is 4. The van der Waals surface area contributed by atoms with Crippen molar-refractivity contribution >= 4 is 11.8 Å². The molecule has 0 radical (unpaired) electrons. The van der Waals surface area contributed by atoms with Crippen molar-refractivity contribution in [3.05, 3.63) is 118 Å². The molecule has 4 aromatic rings. The van der Waals surface area contributed by atoms with Gasteiger partial charge >= 0.3 is 0 Å². The Morgan fingerprint density at radius 2 is 1.09 bits per heavy atom. The van der Waals surface area contributed by atoms with Crippen LogP contribution in [0, 0.1) is 0 Å². The van der Waals surface area contributed by atoms with Crippen LogP contribution in [0.15, 0.2) is 95.7 Å². The maximum atomic E-state index is 5.44. The summed E-state index contributed by atoms with van der Waals surface area (Å²) in [5.74, 6) is 0. The molecule has 0 aromatic heterocycles. The maximum Gasteiger partial charge on any atom is 0.208 e. The first-order valence-corrected chi connectivity index (χ1v) is 22.2. The van der Waals surface area contributed by atoms with E-state index in [0.29, 0.717) is 0 Å². The fourth-order valence-electron chi connectivity index (χ4n) is 8.07. The van der Waals surface area contributed by atoms with Gasteiger partial charge in [-0.3, -0.25) is 0 Å². The molecule has 0 unspecified atom stereocenters. The van der Waals surface area contributed by atoms with Crippen LogP contribution in [0.5, 0.6) is 0 Å². The highest BCUT2D eigenvalue weighted by Crippen LogP contribution is 2.39. The Morgan fingerprint density at radius 1 is 0.537 bits per heavy atom. The first-order chi connectivity index (χ1) is 26.6. The standard InChI is InChI=1S/C52H73N2/c1-7-13-16-18-20-24-35-46-38-42(37-43(10-4)50(46)36-29-21-19-17-14-8-2)39-49(11-5)54(12-6)53-48-40-47(30-15-9-3)52(45-33-27-23-28-34-45)51(41-48)44-31-25-22-26-32-44/h22-23,25-28,31-34,37-41H,7-21,24,29-30,35-36H2,1-6H3/q+1. The first-order valence-electron chi connectivity index (χ1n) is 22.2. The molecule has 0 aliphatic rings. The number of hydrogen-bond donors (Lipinski definition) is 0. The number of hydrogen-bond acceptors (Lipinski definition) is 1. The Bertz CT molecular complexity index is 1710. The molecule has 0 bridgehead atoms. The van der Waals surface area contributed by atoms with Crippen molar-refractivity contribution in [2.75, 3.05) is 6.54 Å². The second-order valence-electron chi connectivity index (χ2n) is 15.4. The maximum absolute atomic E-state index is 5.44. The Hall–Kier alpha value is -3.78. The van der Waals surface area contributed by atoms with Gasteiger partial charge in [-0.15, -0.1) is 0 Å². The number of rotatable bonds is 25. The van der Waals surface area contributed by atoms with Gasteiger partial charge in [-0.25, -0.2) is 0 Å². The van der Waals surface area contributed by atoms with Crippen LogP contribution < -0.4 is 0 Å². The minimum Gasteiger partial charge on any atom is -0.0882 e. The van der Waals surface area contributed by atoms with Crippen molar-refractivity contribution in [2.45, 2.75) is 164 Å². The van der Waals surface area contributed by atoms with E-state index >= 15 is 0 Å². The van der Waals surface area contributed by atoms with Crippen LogP contribution in [0.3, 0.4) is 0 Å². The zero-order chi connectivity index (χ0) is 38.4. The molecule has 0 fully saturated rings. The molecule has 0 atom stereocenters. The van der Waals surface area contributed by atoms with Gasteiger partial charge in [-0.05, 0) is 119 Å². The fraction of sp³-hybridized carbons (Fsp3) is 0.500. The minimum atomic E-state index is 0.826. The average molecular weight is 726 g/mol. The Kier molecular flexibility index (Phi) is 19.6. The predicted molar refractivity (Wildman–Crippen MR) is 237 cm³/mol. The molecule has 0 N–H and O–H groups in total. The third-order valence-corrected chi connectivity index (χ3v) is 11.1. The van der Waals surface area contributed by atoms with Crippen LogP contribution in [-0.2, 0) is 25.7 Å². The van der Waals surface area contributed by atoms with Crippen LogP contribution in [0.2, 0.25) is 0 Å². The van der Waals surface area contributed by atoms with E-state index < -0.39 is 0 Å². The summed E-state index contributed by atoms with van der Waals surface area (Å²) in [7, 11) is 0. The highest BCUT2D eigenvalue weighted by atomic mass is 15.3. The third-order valence-electron chi connectivity index (χ3n) is 11.1. The molecule has 2 nitrogen and oxygen atoms in total. The summed E-state index contributed by atoms with van der Waals surface area (Å²) in [6, 6.07) is 31.6. The van der Waals surface area contributed by atoms with E-state index in [1.165, 1.54) is 135 Å². The molecule has 290 valence electrons. The SMILES string of the molecule is CCCCCCCCc1cc(C=C(CC)[N+](CC)=Nc2cc(CCCC)c(-c3ccccc3)c(-c3ccccc3)c2)cc(CC)c1CCCCCCCC. The zero-order valence-electron chi connectivity index (χ0n) is 35.2. The summed E-state index contributed by atoms with van der Waals surface area (Å²) in [5, 5.41) is 5.44. The molecule has 0 saturated carbocycles. The molecule has 0 aliphatic carbocycles. The molecule has 4 aromatic carbocycles. The predicted octanol–water partition coefficient (Wildman–Crippen LogP) is 16.3. The lowest BCUT2D eigenvalue weighted by Gasteiger charge is -2.17. The second-order valence-corrected chi connectivity index (χ2v) is 15.4. The number of nitrogens with zero attached hydrogens (tertiary/aromatic N) is 2. The topological polar surface area (TPSA) is 15.4 Å². The largest absolute Gasteiger partial charge is 0.208 e. The van der Waals surface area contributed by atoms with Gasteiger partial charge in [0.05, 0.1) is 0 Å². The van der Waals surface area contributed by atoms with Crippen molar-refractivity contribution < 1.29 is 4.70 Å². The molecule has 0 spiro atoms. The highest BCUT2D eigenvalue weighted by molar-refractivity contribution is 5.87. The fourth-order valence-corrected chi connectivity index (χ4v) is 8.07. The van der Waals surface area contributed by atoms with Crippen molar-refractivity contribution in [1.29, 1.82) is 0 Å². The number of azo groups is 2. The lowest BCUT2D eigenvalue weighted by atomic mass is 9.88. The van der Waals surface area contributed by atoms with Crippen molar-refractivity contribution in [1.82, 2.24) is 0 Å². The number of allylic oxidation sites excluding steroid dienone is 1. The highest BCUT2D eigenvalue weighted by Gasteiger charge is 2.19. The molecule has 4 rings (SSSR count). The van der Waals surface area contributed by atoms with Crippen molar-refractivity contribution in [3.8, 4) is 22.3 Å². The van der Waals surface area contributed by atoms with E-state index in [1.807, 2.05) is 0 Å². The van der Waals surface area contributed by atoms with E-state index in [0.717, 1.165) is 37.9 Å². The minimum absolute atomic E-state index is 0.826. The summed E-state index contributed by atoms with van der Waals surface area (Å²) in [6.07, 6.45) is 26.4. The van der Waals surface area contributed by atoms with Crippen LogP contribution in [-0.4, -0.2) is 11.2 Å². The Labute approximate surface area is 331 Å². The monoisotopic (exact) mass is 726 g/mol. The molecular formula is C52H73N2+. The van der Waals surface area contributed by atoms with Gasteiger partial charge in [0, 0.05) is 12.5 Å². The summed E-state index contributed by atoms with van der Waals surface area (Å²) in [6.45, 7) is 14.6. The Morgan fingerprint density at radius 3 is 1.69 bits per heavy atom. The van der Waals surface area contributed by atoms with Crippen LogP contribution in [0.25, 0.3) is 28.3 Å². The van der Waals surface area contributed by atoms with Gasteiger partial charge in [0.15, 0.2) is 6.54 Å². The quantitative estimate of drug-likeness (QED) is 0.0367. The molecule has 0 amide bonds. The van der Waals surface area contributed by atoms with Gasteiger partial charge in [0.2, 0.25) is 5.70 Å². The van der Waals surface area contributed by atoms with Gasteiger partial charge in [0.25, 0.3) is 0 Å². The summed E-state index contributed by atoms with van der Waals surface area (Å²) < 4.78 is 2.26. The average Bonchev–Trinajstić information content (AvgIpc) is 3.21. The smallest absolute Gasteiger partial charge is 0.0882 e. The second kappa shape index (κ2) is 24.6. The lowest BCUT2D eigenvalue weighted by molar-refractivity contribution is -0.539. The molecule has 0 heterocycles. The molecular weight excluding hydrogens is 653 g/mol. The Balaban J connectivity index is 1.75. The first kappa shape index (κ1) is 43.0. The van der Waals surface area contributed by atoms with Crippen LogP contribution in [0.4, 0.5) is 5.69 Å². The van der Waals surface area contributed by atoms with E-state index in [-0.39, 0.29) is 0 Å². The number of unbranched alkanes of at least 4 members (excludes halogenated alkanes) is 11.